The van der Waals surface area contributed by atoms with Crippen molar-refractivity contribution >= 4 is 6.03 Å². The molecule has 1 aromatic carbocycles. The number of carbonyl (C=O) groups excluding carboxylic acids is 1. The number of alkyl halides is 3. The number of nitrogens with one attached hydrogen (secondary N) is 1. The number of amides is 2. The molecule has 1 aliphatic heterocycles. The molecule has 0 aliphatic carbocycles. The number of hydrogen-bond acceptors (Lipinski definition) is 3. The summed E-state index contributed by atoms with van der Waals surface area (Å²) in [6.07, 6.45) is -5.68. The molecule has 5 nitrogen and oxygen atoms in total. The van der Waals surface area contributed by atoms with Crippen molar-refractivity contribution < 1.29 is 27.8 Å². The van der Waals surface area contributed by atoms with Crippen LogP contribution in [0.1, 0.15) is 24.0 Å². The number of urea groups is 1. The average Bonchev–Trinajstić information content (AvgIpc) is 2.53. The fourth-order valence-electron chi connectivity index (χ4n) is 2.65. The summed E-state index contributed by atoms with van der Waals surface area (Å²) in [4.78, 5) is 13.4. The quantitative estimate of drug-likeness (QED) is 0.880. The van der Waals surface area contributed by atoms with Crippen molar-refractivity contribution in [3.63, 3.8) is 0 Å². The normalized spacial score (nSPS) is 17.6. The molecule has 0 bridgehead atoms. The Balaban J connectivity index is 1.85. The van der Waals surface area contributed by atoms with Crippen LogP contribution < -0.4 is 5.32 Å². The third kappa shape index (κ3) is 4.39. The maximum Gasteiger partial charge on any atom is 0.417 e. The highest BCUT2D eigenvalue weighted by atomic mass is 19.4. The third-order valence-electron chi connectivity index (χ3n) is 4.15. The predicted octanol–water partition coefficient (Wildman–Crippen LogP) is 2.43. The third-order valence-corrected chi connectivity index (χ3v) is 4.15. The number of aliphatic hydroxyl groups is 1. The van der Waals surface area contributed by atoms with Gasteiger partial charge in [-0.15, -0.1) is 0 Å². The average molecular weight is 346 g/mol. The lowest BCUT2D eigenvalue weighted by Gasteiger charge is -2.39. The monoisotopic (exact) mass is 346 g/mol. The lowest BCUT2D eigenvalue weighted by Crippen LogP contribution is -2.55. The van der Waals surface area contributed by atoms with Crippen LogP contribution in [0.25, 0.3) is 0 Å². The van der Waals surface area contributed by atoms with Gasteiger partial charge in [-0.2, -0.15) is 13.2 Å². The molecule has 0 spiro atoms. The van der Waals surface area contributed by atoms with Gasteiger partial charge in [0.15, 0.2) is 5.60 Å². The predicted molar refractivity (Wildman–Crippen MR) is 81.2 cm³/mol. The molecule has 2 N–H and O–H groups in total. The minimum absolute atomic E-state index is 0.133. The number of carbonyl (C=O) groups is 1. The summed E-state index contributed by atoms with van der Waals surface area (Å²) in [6, 6.07) is 7.05. The lowest BCUT2D eigenvalue weighted by atomic mass is 9.91. The van der Waals surface area contributed by atoms with Crippen LogP contribution in [0.15, 0.2) is 24.3 Å². The zero-order valence-electron chi connectivity index (χ0n) is 13.4. The van der Waals surface area contributed by atoms with Crippen LogP contribution in [0.4, 0.5) is 18.0 Å². The van der Waals surface area contributed by atoms with E-state index >= 15 is 0 Å². The van der Waals surface area contributed by atoms with Crippen LogP contribution in [-0.2, 0) is 17.9 Å². The first-order valence-corrected chi connectivity index (χ1v) is 7.64. The smallest absolute Gasteiger partial charge is 0.380 e. The first-order valence-electron chi connectivity index (χ1n) is 7.64. The molecule has 1 heterocycles. The van der Waals surface area contributed by atoms with Crippen molar-refractivity contribution in [1.82, 2.24) is 10.2 Å². The van der Waals surface area contributed by atoms with E-state index in [1.54, 1.807) is 7.11 Å². The number of halogens is 3. The molecule has 2 rings (SSSR count). The van der Waals surface area contributed by atoms with Gasteiger partial charge in [-0.3, -0.25) is 0 Å². The van der Waals surface area contributed by atoms with E-state index in [-0.39, 0.29) is 19.6 Å². The molecule has 0 atom stereocenters. The van der Waals surface area contributed by atoms with E-state index in [1.807, 2.05) is 24.3 Å². The van der Waals surface area contributed by atoms with E-state index in [0.29, 0.717) is 6.61 Å². The maximum absolute atomic E-state index is 12.7. The Morgan fingerprint density at radius 1 is 1.33 bits per heavy atom. The molecular formula is C16H21F3N2O3. The summed E-state index contributed by atoms with van der Waals surface area (Å²) in [6.45, 7) is 0.470. The van der Waals surface area contributed by atoms with Gasteiger partial charge >= 0.3 is 12.2 Å². The topological polar surface area (TPSA) is 61.8 Å². The van der Waals surface area contributed by atoms with Crippen molar-refractivity contribution in [3.8, 4) is 0 Å². The van der Waals surface area contributed by atoms with Gasteiger partial charge in [-0.1, -0.05) is 24.3 Å². The van der Waals surface area contributed by atoms with Crippen LogP contribution >= 0.6 is 0 Å². The Morgan fingerprint density at radius 3 is 2.54 bits per heavy atom. The summed E-state index contributed by atoms with van der Waals surface area (Å²) < 4.78 is 43.3. The number of likely N-dealkylation sites (tertiary alicyclic amines) is 1. The molecular weight excluding hydrogens is 325 g/mol. The molecule has 24 heavy (non-hydrogen) atoms. The summed E-state index contributed by atoms with van der Waals surface area (Å²) in [5.41, 5.74) is -0.850. The van der Waals surface area contributed by atoms with Gasteiger partial charge in [0.05, 0.1) is 6.61 Å². The van der Waals surface area contributed by atoms with Gasteiger partial charge in [0.1, 0.15) is 0 Å². The van der Waals surface area contributed by atoms with E-state index < -0.39 is 30.7 Å². The van der Waals surface area contributed by atoms with Crippen LogP contribution in [-0.4, -0.2) is 48.0 Å². The second-order valence-electron chi connectivity index (χ2n) is 5.93. The Bertz CT molecular complexity index is 570. The maximum atomic E-state index is 12.7. The number of piperidine rings is 1. The molecule has 1 aromatic rings. The van der Waals surface area contributed by atoms with Crippen LogP contribution in [0.5, 0.6) is 0 Å². The number of ether oxygens (including phenoxy) is 1. The first kappa shape index (κ1) is 18.5. The van der Waals surface area contributed by atoms with Crippen molar-refractivity contribution in [2.75, 3.05) is 20.2 Å². The van der Waals surface area contributed by atoms with E-state index in [2.05, 4.69) is 5.32 Å². The van der Waals surface area contributed by atoms with Gasteiger partial charge in [-0.05, 0) is 11.1 Å². The lowest BCUT2D eigenvalue weighted by molar-refractivity contribution is -0.271. The first-order chi connectivity index (χ1) is 11.2. The fourth-order valence-corrected chi connectivity index (χ4v) is 2.65. The van der Waals surface area contributed by atoms with Crippen LogP contribution in [0.2, 0.25) is 0 Å². The second-order valence-corrected chi connectivity index (χ2v) is 5.93. The number of rotatable bonds is 4. The number of nitrogens with zero attached hydrogens (tertiary/aromatic N) is 1. The molecule has 0 saturated carbocycles. The van der Waals surface area contributed by atoms with Crippen LogP contribution in [0.3, 0.4) is 0 Å². The summed E-state index contributed by atoms with van der Waals surface area (Å²) in [7, 11) is 1.59. The Labute approximate surface area is 138 Å². The summed E-state index contributed by atoms with van der Waals surface area (Å²) in [5.74, 6) is 0. The van der Waals surface area contributed by atoms with Gasteiger partial charge in [0.2, 0.25) is 0 Å². The van der Waals surface area contributed by atoms with E-state index in [0.717, 1.165) is 11.1 Å². The van der Waals surface area contributed by atoms with E-state index in [1.165, 1.54) is 4.90 Å². The van der Waals surface area contributed by atoms with Crippen molar-refractivity contribution in [2.45, 2.75) is 37.8 Å². The highest BCUT2D eigenvalue weighted by Crippen LogP contribution is 2.38. The fraction of sp³-hybridized carbons (Fsp3) is 0.562. The highest BCUT2D eigenvalue weighted by molar-refractivity contribution is 5.74. The molecule has 0 radical (unpaired) electrons. The zero-order chi connectivity index (χ0) is 17.8. The standard InChI is InChI=1S/C16H21F3N2O3/c1-24-11-13-4-2-3-12(9-13)10-20-14(22)21-7-5-15(23,6-8-21)16(17,18)19/h2-4,9,23H,5-8,10-11H2,1H3,(H,20,22). The summed E-state index contributed by atoms with van der Waals surface area (Å²) >= 11 is 0. The van der Waals surface area contributed by atoms with Crippen molar-refractivity contribution in [3.05, 3.63) is 35.4 Å². The molecule has 1 fully saturated rings. The van der Waals surface area contributed by atoms with E-state index in [4.69, 9.17) is 4.74 Å². The van der Waals surface area contributed by atoms with Gasteiger partial charge < -0.3 is 20.1 Å². The molecule has 1 aliphatic rings. The Kier molecular flexibility index (Phi) is 5.71. The second kappa shape index (κ2) is 7.40. The van der Waals surface area contributed by atoms with Crippen LogP contribution in [0, 0.1) is 0 Å². The van der Waals surface area contributed by atoms with Crippen molar-refractivity contribution in [1.29, 1.82) is 0 Å². The number of benzene rings is 1. The molecule has 0 unspecified atom stereocenters. The van der Waals surface area contributed by atoms with E-state index in [9.17, 15) is 23.1 Å². The molecule has 0 aromatic heterocycles. The molecule has 134 valence electrons. The summed E-state index contributed by atoms with van der Waals surface area (Å²) in [5, 5.41) is 12.3. The van der Waals surface area contributed by atoms with Gasteiger partial charge in [-0.25, -0.2) is 4.79 Å². The minimum Gasteiger partial charge on any atom is -0.380 e. The highest BCUT2D eigenvalue weighted by Gasteiger charge is 2.54. The van der Waals surface area contributed by atoms with Crippen molar-refractivity contribution in [2.24, 2.45) is 0 Å². The number of hydrogen-bond donors (Lipinski definition) is 2. The van der Waals surface area contributed by atoms with Gasteiger partial charge in [0, 0.05) is 39.6 Å². The zero-order valence-corrected chi connectivity index (χ0v) is 13.4. The molecule has 8 heteroatoms. The Morgan fingerprint density at radius 2 is 1.96 bits per heavy atom. The largest absolute Gasteiger partial charge is 0.417 e. The molecule has 1 saturated heterocycles. The number of methoxy groups -OCH3 is 1. The van der Waals surface area contributed by atoms with Gasteiger partial charge in [0.25, 0.3) is 0 Å². The SMILES string of the molecule is COCc1cccc(CNC(=O)N2CCC(O)(C(F)(F)F)CC2)c1. The minimum atomic E-state index is -4.67. The molecule has 2 amide bonds. The Hall–Kier alpha value is -1.80.